The zero-order valence-electron chi connectivity index (χ0n) is 10.5. The van der Waals surface area contributed by atoms with Crippen LogP contribution in [-0.4, -0.2) is 33.4 Å². The summed E-state index contributed by atoms with van der Waals surface area (Å²) in [6.07, 6.45) is 1.81. The van der Waals surface area contributed by atoms with Crippen molar-refractivity contribution < 1.29 is 17.8 Å². The Labute approximate surface area is 114 Å². The number of hydrogen-bond donors (Lipinski definition) is 2. The number of aromatic amines is 1. The monoisotopic (exact) mass is 294 g/mol. The van der Waals surface area contributed by atoms with Gasteiger partial charge in [0.2, 0.25) is 0 Å². The van der Waals surface area contributed by atoms with Crippen molar-refractivity contribution >= 4 is 21.0 Å². The third-order valence-corrected chi connectivity index (χ3v) is 2.95. The van der Waals surface area contributed by atoms with E-state index in [1.807, 2.05) is 30.5 Å². The predicted molar refractivity (Wildman–Crippen MR) is 69.1 cm³/mol. The van der Waals surface area contributed by atoms with Crippen LogP contribution in [0.3, 0.4) is 0 Å². The fraction of sp³-hybridized carbons (Fsp3) is 0.0909. The van der Waals surface area contributed by atoms with Crippen LogP contribution in [0.4, 0.5) is 0 Å². The van der Waals surface area contributed by atoms with Crippen LogP contribution in [-0.2, 0) is 17.2 Å². The number of para-hydroxylation sites is 1. The number of nitrogens with zero attached hydrogens (tertiary/aromatic N) is 4. The van der Waals surface area contributed by atoms with Crippen molar-refractivity contribution in [3.8, 4) is 0 Å². The van der Waals surface area contributed by atoms with E-state index in [1.165, 1.54) is 12.4 Å². The molecule has 3 rings (SSSR count). The molecule has 9 heteroatoms. The molecule has 3 aromatic rings. The minimum absolute atomic E-state index is 0.560. The van der Waals surface area contributed by atoms with Gasteiger partial charge in [-0.3, -0.25) is 9.54 Å². The van der Waals surface area contributed by atoms with Crippen LogP contribution in [0.2, 0.25) is 0 Å². The molecule has 0 bridgehead atoms. The normalized spacial score (nSPS) is 10.9. The number of aromatic nitrogens is 5. The second-order valence-corrected chi connectivity index (χ2v) is 5.14. The molecule has 0 aliphatic rings. The average Bonchev–Trinajstić information content (AvgIpc) is 2.86. The van der Waals surface area contributed by atoms with Crippen LogP contribution >= 0.6 is 0 Å². The van der Waals surface area contributed by atoms with Crippen molar-refractivity contribution in [2.45, 2.75) is 5.16 Å². The molecule has 20 heavy (non-hydrogen) atoms. The van der Waals surface area contributed by atoms with Gasteiger partial charge in [-0.05, 0) is 12.1 Å². The van der Waals surface area contributed by atoms with E-state index in [9.17, 15) is 8.42 Å². The second kappa shape index (κ2) is 5.72. The summed E-state index contributed by atoms with van der Waals surface area (Å²) in [4.78, 5) is 5.24. The summed E-state index contributed by atoms with van der Waals surface area (Å²) in [5.74, 6) is 0. The van der Waals surface area contributed by atoms with Crippen LogP contribution in [0.5, 0.6) is 0 Å². The fourth-order valence-corrected chi connectivity index (χ4v) is 1.80. The molecule has 104 valence electrons. The molecule has 0 aliphatic carbocycles. The fourth-order valence-electron chi connectivity index (χ4n) is 1.42. The first kappa shape index (κ1) is 14.0. The zero-order chi connectivity index (χ0) is 14.6. The third-order valence-electron chi connectivity index (χ3n) is 2.28. The van der Waals surface area contributed by atoms with E-state index >= 15 is 0 Å². The maximum absolute atomic E-state index is 10.3. The van der Waals surface area contributed by atoms with Gasteiger partial charge >= 0.3 is 15.3 Å². The van der Waals surface area contributed by atoms with Crippen molar-refractivity contribution in [3.63, 3.8) is 0 Å². The highest BCUT2D eigenvalue weighted by molar-refractivity contribution is 7.85. The van der Waals surface area contributed by atoms with Gasteiger partial charge in [0.15, 0.2) is 5.21 Å². The molecule has 0 aliphatic heterocycles. The number of aryl methyl sites for hydroxylation is 1. The predicted octanol–water partition coefficient (Wildman–Crippen LogP) is 0.111. The van der Waals surface area contributed by atoms with Gasteiger partial charge in [-0.1, -0.05) is 29.1 Å². The van der Waals surface area contributed by atoms with E-state index in [4.69, 9.17) is 4.55 Å². The Kier molecular flexibility index (Phi) is 4.01. The minimum Gasteiger partial charge on any atom is -0.278 e. The highest BCUT2D eigenvalue weighted by atomic mass is 32.2. The molecule has 0 unspecified atom stereocenters. The molecule has 0 spiro atoms. The van der Waals surface area contributed by atoms with E-state index in [2.05, 4.69) is 32.5 Å². The van der Waals surface area contributed by atoms with Gasteiger partial charge in [0.25, 0.3) is 0 Å². The number of fused-ring (bicyclic) bond motifs is 1. The molecule has 0 atom stereocenters. The Hall–Kier alpha value is -2.39. The van der Waals surface area contributed by atoms with Gasteiger partial charge in [0.05, 0.1) is 5.52 Å². The Morgan fingerprint density at radius 3 is 2.45 bits per heavy atom. The molecule has 0 radical (unpaired) electrons. The number of H-pyrrole nitrogens is 1. The number of tetrazole rings is 1. The van der Waals surface area contributed by atoms with Crippen LogP contribution in [0.15, 0.2) is 47.8 Å². The zero-order valence-corrected chi connectivity index (χ0v) is 11.3. The first-order valence-electron chi connectivity index (χ1n) is 5.53. The molecule has 2 heterocycles. The summed E-state index contributed by atoms with van der Waals surface area (Å²) in [5, 5.41) is 9.17. The van der Waals surface area contributed by atoms with E-state index in [0.29, 0.717) is 0 Å². The van der Waals surface area contributed by atoms with Gasteiger partial charge in [-0.15, -0.1) is 0 Å². The summed E-state index contributed by atoms with van der Waals surface area (Å²) in [6.45, 7) is 0. The largest absolute Gasteiger partial charge is 0.424 e. The highest BCUT2D eigenvalue weighted by Crippen LogP contribution is 2.07. The molecule has 2 aromatic heterocycles. The lowest BCUT2D eigenvalue weighted by Gasteiger charge is -1.91. The number of hydrogen-bond acceptors (Lipinski definition) is 5. The van der Waals surface area contributed by atoms with E-state index < -0.39 is 15.3 Å². The molecular weight excluding hydrogens is 282 g/mol. The molecular formula is C11H12N5O3S+. The van der Waals surface area contributed by atoms with E-state index in [0.717, 1.165) is 10.3 Å². The van der Waals surface area contributed by atoms with Gasteiger partial charge in [0, 0.05) is 11.6 Å². The summed E-state index contributed by atoms with van der Waals surface area (Å²) in [5.41, 5.74) is 1.06. The first-order chi connectivity index (χ1) is 9.47. The Balaban J connectivity index is 0.000000147. The topological polar surface area (TPSA) is 113 Å². The molecule has 1 aromatic carbocycles. The Bertz CT molecular complexity index is 750. The van der Waals surface area contributed by atoms with Gasteiger partial charge in [-0.25, -0.2) is 0 Å². The first-order valence-corrected chi connectivity index (χ1v) is 6.97. The van der Waals surface area contributed by atoms with Crippen LogP contribution in [0.25, 0.3) is 10.9 Å². The quantitative estimate of drug-likeness (QED) is 0.486. The maximum atomic E-state index is 10.3. The van der Waals surface area contributed by atoms with E-state index in [1.54, 1.807) is 0 Å². The minimum atomic E-state index is -4.23. The molecule has 0 fully saturated rings. The molecule has 2 N–H and O–H groups in total. The standard InChI is InChI=1S/C9H7N.C2H4N4O3S/c1-2-6-9-8(4-1)5-3-7-10-9;1-6-4-2(3-5-6)10(7,8)9/h1-7H;1H3,(H,7,8,9)/p+1. The smallest absolute Gasteiger partial charge is 0.278 e. The SMILES string of the molecule is C[n+]1nnc(S(=O)(=O)O)[nH]1.c1ccc2ncccc2c1. The van der Waals surface area contributed by atoms with Crippen molar-refractivity contribution in [2.24, 2.45) is 7.05 Å². The molecule has 0 saturated heterocycles. The number of benzene rings is 1. The molecule has 8 nitrogen and oxygen atoms in total. The second-order valence-electron chi connectivity index (χ2n) is 3.80. The Morgan fingerprint density at radius 1 is 1.20 bits per heavy atom. The maximum Gasteiger partial charge on any atom is 0.424 e. The lowest BCUT2D eigenvalue weighted by Crippen LogP contribution is -2.33. The van der Waals surface area contributed by atoms with Gasteiger partial charge in [-0.2, -0.15) is 13.5 Å². The summed E-state index contributed by atoms with van der Waals surface area (Å²) in [6, 6.07) is 12.1. The van der Waals surface area contributed by atoms with E-state index in [-0.39, 0.29) is 0 Å². The molecule has 0 amide bonds. The summed E-state index contributed by atoms with van der Waals surface area (Å²) >= 11 is 0. The van der Waals surface area contributed by atoms with Gasteiger partial charge < -0.3 is 0 Å². The summed E-state index contributed by atoms with van der Waals surface area (Å²) in [7, 11) is -2.79. The third kappa shape index (κ3) is 3.56. The highest BCUT2D eigenvalue weighted by Gasteiger charge is 2.22. The van der Waals surface area contributed by atoms with Crippen LogP contribution < -0.4 is 4.80 Å². The van der Waals surface area contributed by atoms with Crippen LogP contribution in [0, 0.1) is 0 Å². The molecule has 0 saturated carbocycles. The lowest BCUT2D eigenvalue weighted by molar-refractivity contribution is -0.785. The summed E-state index contributed by atoms with van der Waals surface area (Å²) < 4.78 is 28.8. The lowest BCUT2D eigenvalue weighted by atomic mass is 10.2. The Morgan fingerprint density at radius 2 is 1.90 bits per heavy atom. The number of rotatable bonds is 1. The number of pyridine rings is 1. The van der Waals surface area contributed by atoms with Crippen molar-refractivity contribution in [2.75, 3.05) is 0 Å². The number of nitrogens with one attached hydrogen (secondary N) is 1. The van der Waals surface area contributed by atoms with Crippen molar-refractivity contribution in [1.29, 1.82) is 0 Å². The van der Waals surface area contributed by atoms with Crippen molar-refractivity contribution in [3.05, 3.63) is 42.6 Å². The van der Waals surface area contributed by atoms with Crippen LogP contribution in [0.1, 0.15) is 0 Å². The van der Waals surface area contributed by atoms with Crippen molar-refractivity contribution in [1.82, 2.24) is 20.4 Å². The average molecular weight is 294 g/mol. The van der Waals surface area contributed by atoms with Gasteiger partial charge in [0.1, 0.15) is 12.1 Å².